The number of hydrogen-bond donors (Lipinski definition) is 1. The molecule has 2 rings (SSSR count). The number of nitrogens with one attached hydrogen (secondary N) is 1. The van der Waals surface area contributed by atoms with Gasteiger partial charge in [0.2, 0.25) is 0 Å². The summed E-state index contributed by atoms with van der Waals surface area (Å²) >= 11 is 1.81. The second-order valence-electron chi connectivity index (χ2n) is 3.47. The zero-order valence-corrected chi connectivity index (χ0v) is 8.23. The highest BCUT2D eigenvalue weighted by Crippen LogP contribution is 2.47. The molecular formula is C10H15NS. The van der Waals surface area contributed by atoms with Gasteiger partial charge in [-0.25, -0.2) is 0 Å². The van der Waals surface area contributed by atoms with Crippen LogP contribution in [-0.2, 0) is 0 Å². The molecule has 0 radical (unpaired) electrons. The lowest BCUT2D eigenvalue weighted by molar-refractivity contribution is 0.649. The maximum atomic E-state index is 3.41. The summed E-state index contributed by atoms with van der Waals surface area (Å²) in [6.45, 7) is 4.48. The van der Waals surface area contributed by atoms with Gasteiger partial charge in [-0.05, 0) is 53.7 Å². The molecule has 1 nitrogen and oxygen atoms in total. The van der Waals surface area contributed by atoms with Crippen molar-refractivity contribution in [2.75, 3.05) is 13.1 Å². The molecule has 66 valence electrons. The summed E-state index contributed by atoms with van der Waals surface area (Å²) < 4.78 is 0. The molecule has 0 bridgehead atoms. The van der Waals surface area contributed by atoms with Crippen LogP contribution >= 0.6 is 11.3 Å². The van der Waals surface area contributed by atoms with Crippen LogP contribution in [0.4, 0.5) is 0 Å². The van der Waals surface area contributed by atoms with Crippen LogP contribution in [0.3, 0.4) is 0 Å². The van der Waals surface area contributed by atoms with Gasteiger partial charge < -0.3 is 5.32 Å². The maximum Gasteiger partial charge on any atom is -0.00146 e. The highest BCUT2D eigenvalue weighted by atomic mass is 32.1. The molecule has 2 heteroatoms. The summed E-state index contributed by atoms with van der Waals surface area (Å²) in [5, 5.41) is 7.87. The van der Waals surface area contributed by atoms with Gasteiger partial charge in [0.1, 0.15) is 0 Å². The smallest absolute Gasteiger partial charge is 0.00146 e. The van der Waals surface area contributed by atoms with Crippen LogP contribution in [0.15, 0.2) is 16.8 Å². The summed E-state index contributed by atoms with van der Waals surface area (Å²) in [6.07, 6.45) is 1.39. The van der Waals surface area contributed by atoms with E-state index < -0.39 is 0 Å². The van der Waals surface area contributed by atoms with Crippen molar-refractivity contribution in [1.29, 1.82) is 0 Å². The Morgan fingerprint density at radius 2 is 2.58 bits per heavy atom. The van der Waals surface area contributed by atoms with E-state index in [0.29, 0.717) is 0 Å². The van der Waals surface area contributed by atoms with Crippen LogP contribution in [0.5, 0.6) is 0 Å². The first-order valence-electron chi connectivity index (χ1n) is 4.64. The highest BCUT2D eigenvalue weighted by molar-refractivity contribution is 7.08. The average Bonchev–Trinajstić information content (AvgIpc) is 2.64. The van der Waals surface area contributed by atoms with Crippen molar-refractivity contribution in [2.45, 2.75) is 19.3 Å². The molecule has 0 saturated heterocycles. The third-order valence-electron chi connectivity index (χ3n) is 2.55. The van der Waals surface area contributed by atoms with Gasteiger partial charge in [0, 0.05) is 0 Å². The Morgan fingerprint density at radius 1 is 1.67 bits per heavy atom. The minimum Gasteiger partial charge on any atom is -0.317 e. The number of thiophene rings is 1. The average molecular weight is 181 g/mol. The molecule has 1 N–H and O–H groups in total. The number of hydrogen-bond acceptors (Lipinski definition) is 2. The van der Waals surface area contributed by atoms with Crippen molar-refractivity contribution in [3.63, 3.8) is 0 Å². The second-order valence-corrected chi connectivity index (χ2v) is 4.25. The van der Waals surface area contributed by atoms with Gasteiger partial charge in [0.25, 0.3) is 0 Å². The maximum absolute atomic E-state index is 3.41. The van der Waals surface area contributed by atoms with Crippen molar-refractivity contribution in [3.8, 4) is 0 Å². The molecule has 1 aliphatic carbocycles. The largest absolute Gasteiger partial charge is 0.317 e. The first kappa shape index (κ1) is 8.27. The molecule has 1 saturated carbocycles. The van der Waals surface area contributed by atoms with Crippen molar-refractivity contribution in [3.05, 3.63) is 22.4 Å². The van der Waals surface area contributed by atoms with Gasteiger partial charge in [-0.3, -0.25) is 0 Å². The van der Waals surface area contributed by atoms with Crippen LogP contribution in [0.2, 0.25) is 0 Å². The minimum atomic E-state index is 0.871. The molecule has 1 aromatic heterocycles. The summed E-state index contributed by atoms with van der Waals surface area (Å²) in [6, 6.07) is 2.27. The second kappa shape index (κ2) is 3.58. The lowest BCUT2D eigenvalue weighted by Gasteiger charge is -1.98. The topological polar surface area (TPSA) is 12.0 Å². The van der Waals surface area contributed by atoms with Gasteiger partial charge in [-0.15, -0.1) is 0 Å². The van der Waals surface area contributed by atoms with E-state index in [2.05, 4.69) is 29.1 Å². The molecule has 1 aliphatic rings. The van der Waals surface area contributed by atoms with Gasteiger partial charge in [0.05, 0.1) is 0 Å². The fourth-order valence-electron chi connectivity index (χ4n) is 1.70. The monoisotopic (exact) mass is 181 g/mol. The van der Waals surface area contributed by atoms with E-state index in [0.717, 1.165) is 18.4 Å². The molecule has 0 amide bonds. The fourth-order valence-corrected chi connectivity index (χ4v) is 2.42. The predicted octanol–water partition coefficient (Wildman–Crippen LogP) is 2.46. The summed E-state index contributed by atoms with van der Waals surface area (Å²) in [7, 11) is 0. The molecule has 0 spiro atoms. The number of rotatable bonds is 4. The minimum absolute atomic E-state index is 0.871. The van der Waals surface area contributed by atoms with Crippen molar-refractivity contribution < 1.29 is 0 Å². The third-order valence-corrected chi connectivity index (χ3v) is 3.25. The van der Waals surface area contributed by atoms with Crippen LogP contribution in [-0.4, -0.2) is 13.1 Å². The molecule has 2 unspecified atom stereocenters. The summed E-state index contributed by atoms with van der Waals surface area (Å²) in [5.74, 6) is 1.79. The van der Waals surface area contributed by atoms with Crippen LogP contribution in [0.1, 0.15) is 24.8 Å². The van der Waals surface area contributed by atoms with Crippen molar-refractivity contribution >= 4 is 11.3 Å². The van der Waals surface area contributed by atoms with E-state index in [9.17, 15) is 0 Å². The standard InChI is InChI=1S/C10H15NS/c1-2-11-6-9-5-10(9)8-3-4-12-7-8/h3-4,7,9-11H,2,5-6H2,1H3. The fraction of sp³-hybridized carbons (Fsp3) is 0.600. The molecule has 1 heterocycles. The van der Waals surface area contributed by atoms with Gasteiger partial charge in [0.15, 0.2) is 0 Å². The van der Waals surface area contributed by atoms with Gasteiger partial charge in [-0.2, -0.15) is 11.3 Å². The normalized spacial score (nSPS) is 27.4. The summed E-state index contributed by atoms with van der Waals surface area (Å²) in [5.41, 5.74) is 1.56. The lowest BCUT2D eigenvalue weighted by Crippen LogP contribution is -2.16. The molecule has 2 atom stereocenters. The molecule has 1 fully saturated rings. The van der Waals surface area contributed by atoms with E-state index in [1.807, 2.05) is 11.3 Å². The Kier molecular flexibility index (Phi) is 2.47. The Morgan fingerprint density at radius 3 is 3.25 bits per heavy atom. The first-order chi connectivity index (χ1) is 5.92. The molecule has 12 heavy (non-hydrogen) atoms. The lowest BCUT2D eigenvalue weighted by atomic mass is 10.2. The van der Waals surface area contributed by atoms with Crippen LogP contribution in [0.25, 0.3) is 0 Å². The third kappa shape index (κ3) is 1.70. The van der Waals surface area contributed by atoms with E-state index in [-0.39, 0.29) is 0 Å². The van der Waals surface area contributed by atoms with Crippen LogP contribution < -0.4 is 5.32 Å². The van der Waals surface area contributed by atoms with E-state index in [1.54, 1.807) is 5.56 Å². The highest BCUT2D eigenvalue weighted by Gasteiger charge is 2.37. The molecule has 0 aromatic carbocycles. The Balaban J connectivity index is 1.81. The molecular weight excluding hydrogens is 166 g/mol. The predicted molar refractivity (Wildman–Crippen MR) is 53.7 cm³/mol. The summed E-state index contributed by atoms with van der Waals surface area (Å²) in [4.78, 5) is 0. The first-order valence-corrected chi connectivity index (χ1v) is 5.59. The van der Waals surface area contributed by atoms with E-state index in [4.69, 9.17) is 0 Å². The molecule has 0 aliphatic heterocycles. The Bertz CT molecular complexity index is 230. The molecule has 1 aromatic rings. The Labute approximate surface area is 77.8 Å². The SMILES string of the molecule is CCNCC1CC1c1ccsc1. The van der Waals surface area contributed by atoms with Gasteiger partial charge in [-0.1, -0.05) is 6.92 Å². The zero-order chi connectivity index (χ0) is 8.39. The van der Waals surface area contributed by atoms with Crippen LogP contribution in [0, 0.1) is 5.92 Å². The zero-order valence-electron chi connectivity index (χ0n) is 7.42. The van der Waals surface area contributed by atoms with Crippen molar-refractivity contribution in [1.82, 2.24) is 5.32 Å². The van der Waals surface area contributed by atoms with E-state index in [1.165, 1.54) is 13.0 Å². The quantitative estimate of drug-likeness (QED) is 0.752. The Hall–Kier alpha value is -0.340. The van der Waals surface area contributed by atoms with E-state index >= 15 is 0 Å². The van der Waals surface area contributed by atoms with Gasteiger partial charge >= 0.3 is 0 Å². The van der Waals surface area contributed by atoms with Crippen molar-refractivity contribution in [2.24, 2.45) is 5.92 Å².